The molecule has 1 atom stereocenters. The summed E-state index contributed by atoms with van der Waals surface area (Å²) in [5.41, 5.74) is 11.2. The van der Waals surface area contributed by atoms with Crippen molar-refractivity contribution in [3.63, 3.8) is 0 Å². The van der Waals surface area contributed by atoms with Crippen LogP contribution < -0.4 is 5.73 Å². The Kier molecular flexibility index (Phi) is 5.21. The van der Waals surface area contributed by atoms with Crippen LogP contribution in [0.2, 0.25) is 0 Å². The number of rotatable bonds is 3. The molecule has 8 heteroatoms. The van der Waals surface area contributed by atoms with Gasteiger partial charge in [-0.05, 0) is 42.7 Å². The smallest absolute Gasteiger partial charge is 0.282 e. The van der Waals surface area contributed by atoms with Crippen molar-refractivity contribution in [3.05, 3.63) is 59.4 Å². The minimum absolute atomic E-state index is 0.0108. The summed E-state index contributed by atoms with van der Waals surface area (Å²) in [6.45, 7) is 1.26. The first-order valence-corrected chi connectivity index (χ1v) is 11.3. The van der Waals surface area contributed by atoms with Crippen LogP contribution >= 0.6 is 11.3 Å². The lowest BCUT2D eigenvalue weighted by atomic mass is 10.0. The van der Waals surface area contributed by atoms with Crippen LogP contribution in [-0.4, -0.2) is 44.5 Å². The van der Waals surface area contributed by atoms with Crippen LogP contribution in [-0.2, 0) is 7.05 Å². The molecule has 1 aliphatic heterocycles. The van der Waals surface area contributed by atoms with Gasteiger partial charge in [0.05, 0.1) is 39.6 Å². The van der Waals surface area contributed by atoms with Gasteiger partial charge in [-0.3, -0.25) is 4.79 Å². The van der Waals surface area contributed by atoms with E-state index in [1.54, 1.807) is 23.4 Å². The lowest BCUT2D eigenvalue weighted by molar-refractivity contribution is 0.0708. The van der Waals surface area contributed by atoms with Gasteiger partial charge in [0.2, 0.25) is 0 Å². The van der Waals surface area contributed by atoms with Crippen LogP contribution in [0.4, 0.5) is 0 Å². The lowest BCUT2D eigenvalue weighted by Crippen LogP contribution is -2.45. The van der Waals surface area contributed by atoms with Crippen LogP contribution in [0.1, 0.15) is 28.2 Å². The highest BCUT2D eigenvalue weighted by molar-refractivity contribution is 7.17. The quantitative estimate of drug-likeness (QED) is 0.520. The number of carbonyl (C=O) groups is 1. The zero-order chi connectivity index (χ0) is 22.2. The Bertz CT molecular complexity index is 1350. The molecule has 3 heterocycles. The number of aromatic nitrogens is 3. The summed E-state index contributed by atoms with van der Waals surface area (Å²) in [4.78, 5) is 25.2. The summed E-state index contributed by atoms with van der Waals surface area (Å²) < 4.78 is 1.97. The molecular formula is C24H22N6OS. The van der Waals surface area contributed by atoms with Gasteiger partial charge in [0.1, 0.15) is 0 Å². The molecule has 7 nitrogen and oxygen atoms in total. The van der Waals surface area contributed by atoms with E-state index in [9.17, 15) is 4.79 Å². The molecule has 0 bridgehead atoms. The minimum atomic E-state index is -0.0785. The highest BCUT2D eigenvalue weighted by atomic mass is 32.1. The Balaban J connectivity index is 1.61. The monoisotopic (exact) mass is 442 g/mol. The molecule has 32 heavy (non-hydrogen) atoms. The molecule has 2 aromatic carbocycles. The predicted molar refractivity (Wildman–Crippen MR) is 125 cm³/mol. The topological polar surface area (TPSA) is 101 Å². The molecule has 1 fully saturated rings. The predicted octanol–water partition coefficient (Wildman–Crippen LogP) is 3.80. The molecule has 2 aromatic heterocycles. The van der Waals surface area contributed by atoms with Gasteiger partial charge in [0.25, 0.3) is 5.91 Å². The third-order valence-electron chi connectivity index (χ3n) is 5.83. The first-order valence-electron chi connectivity index (χ1n) is 10.5. The van der Waals surface area contributed by atoms with Crippen molar-refractivity contribution >= 4 is 28.3 Å². The van der Waals surface area contributed by atoms with Gasteiger partial charge in [0, 0.05) is 31.7 Å². The second-order valence-electron chi connectivity index (χ2n) is 8.10. The van der Waals surface area contributed by atoms with Crippen molar-refractivity contribution < 1.29 is 4.79 Å². The molecule has 1 amide bonds. The first kappa shape index (κ1) is 20.4. The Morgan fingerprint density at radius 1 is 1.22 bits per heavy atom. The number of fused-ring (bicyclic) bond motifs is 1. The second kappa shape index (κ2) is 8.19. The zero-order valence-corrected chi connectivity index (χ0v) is 18.5. The van der Waals surface area contributed by atoms with Crippen LogP contribution in [0.3, 0.4) is 0 Å². The Morgan fingerprint density at radius 3 is 2.75 bits per heavy atom. The highest BCUT2D eigenvalue weighted by Gasteiger charge is 2.27. The number of nitriles is 1. The molecule has 160 valence electrons. The van der Waals surface area contributed by atoms with Crippen molar-refractivity contribution in [3.8, 4) is 27.8 Å². The lowest BCUT2D eigenvalue weighted by Gasteiger charge is -2.30. The van der Waals surface area contributed by atoms with Gasteiger partial charge in [0.15, 0.2) is 5.01 Å². The molecule has 1 saturated heterocycles. The number of nitrogens with zero attached hydrogens (tertiary/aromatic N) is 5. The number of amides is 1. The van der Waals surface area contributed by atoms with E-state index in [0.717, 1.165) is 45.6 Å². The second-order valence-corrected chi connectivity index (χ2v) is 9.10. The Labute approximate surface area is 189 Å². The van der Waals surface area contributed by atoms with Gasteiger partial charge in [-0.15, -0.1) is 11.3 Å². The minimum Gasteiger partial charge on any atom is -0.335 e. The van der Waals surface area contributed by atoms with E-state index >= 15 is 0 Å². The summed E-state index contributed by atoms with van der Waals surface area (Å²) in [6, 6.07) is 15.5. The SMILES string of the molecule is Cn1cnc2cc(-c3sc(C(=O)N4CCCC(N)C4)nc3-c3ccc(C#N)cc3)ccc21. The van der Waals surface area contributed by atoms with Crippen molar-refractivity contribution in [2.45, 2.75) is 18.9 Å². The number of hydrogen-bond donors (Lipinski definition) is 1. The third-order valence-corrected chi connectivity index (χ3v) is 6.92. The van der Waals surface area contributed by atoms with E-state index in [-0.39, 0.29) is 11.9 Å². The molecule has 0 aliphatic carbocycles. The largest absolute Gasteiger partial charge is 0.335 e. The number of likely N-dealkylation sites (tertiary alicyclic amines) is 1. The van der Waals surface area contributed by atoms with E-state index in [0.29, 0.717) is 23.7 Å². The van der Waals surface area contributed by atoms with Gasteiger partial charge in [-0.25, -0.2) is 9.97 Å². The van der Waals surface area contributed by atoms with Crippen molar-refractivity contribution in [2.75, 3.05) is 13.1 Å². The molecular weight excluding hydrogens is 420 g/mol. The summed E-state index contributed by atoms with van der Waals surface area (Å²) in [7, 11) is 1.96. The van der Waals surface area contributed by atoms with Gasteiger partial charge >= 0.3 is 0 Å². The molecule has 0 radical (unpaired) electrons. The van der Waals surface area contributed by atoms with Crippen LogP contribution in [0, 0.1) is 11.3 Å². The van der Waals surface area contributed by atoms with Crippen molar-refractivity contribution in [1.29, 1.82) is 5.26 Å². The third kappa shape index (κ3) is 3.66. The normalized spacial score (nSPS) is 16.3. The van der Waals surface area contributed by atoms with Crippen LogP contribution in [0.15, 0.2) is 48.8 Å². The van der Waals surface area contributed by atoms with Crippen molar-refractivity contribution in [1.82, 2.24) is 19.4 Å². The van der Waals surface area contributed by atoms with E-state index in [1.165, 1.54) is 11.3 Å². The molecule has 1 aliphatic rings. The number of carbonyl (C=O) groups excluding carboxylic acids is 1. The van der Waals surface area contributed by atoms with E-state index in [1.807, 2.05) is 41.9 Å². The van der Waals surface area contributed by atoms with Crippen LogP contribution in [0.5, 0.6) is 0 Å². The fraction of sp³-hybridized carbons (Fsp3) is 0.250. The molecule has 5 rings (SSSR count). The van der Waals surface area contributed by atoms with E-state index in [2.05, 4.69) is 11.1 Å². The number of aryl methyl sites for hydroxylation is 1. The number of imidazole rings is 1. The van der Waals surface area contributed by atoms with Gasteiger partial charge in [-0.1, -0.05) is 18.2 Å². The number of benzene rings is 2. The number of nitrogens with two attached hydrogens (primary N) is 1. The average molecular weight is 443 g/mol. The number of hydrogen-bond acceptors (Lipinski definition) is 6. The molecule has 1 unspecified atom stereocenters. The number of piperidine rings is 1. The maximum absolute atomic E-state index is 13.2. The summed E-state index contributed by atoms with van der Waals surface area (Å²) in [5, 5.41) is 9.60. The maximum atomic E-state index is 13.2. The van der Waals surface area contributed by atoms with E-state index < -0.39 is 0 Å². The Hall–Kier alpha value is -3.54. The maximum Gasteiger partial charge on any atom is 0.282 e. The first-order chi connectivity index (χ1) is 15.5. The standard InChI is InChI=1S/C24H22N6OS/c1-29-14-27-19-11-17(8-9-20(19)29)22-21(16-6-4-15(12-25)5-7-16)28-23(32-22)24(31)30-10-2-3-18(26)13-30/h4-9,11,14,18H,2-3,10,13,26H2,1H3. The van der Waals surface area contributed by atoms with Crippen LogP contribution in [0.25, 0.3) is 32.7 Å². The van der Waals surface area contributed by atoms with Crippen molar-refractivity contribution in [2.24, 2.45) is 12.8 Å². The molecule has 2 N–H and O–H groups in total. The zero-order valence-electron chi connectivity index (χ0n) is 17.7. The van der Waals surface area contributed by atoms with Gasteiger partial charge in [-0.2, -0.15) is 5.26 Å². The summed E-state index contributed by atoms with van der Waals surface area (Å²) in [5.74, 6) is -0.0785. The summed E-state index contributed by atoms with van der Waals surface area (Å²) >= 11 is 1.39. The average Bonchev–Trinajstić information content (AvgIpc) is 3.43. The van der Waals surface area contributed by atoms with E-state index in [4.69, 9.17) is 16.0 Å². The molecule has 4 aromatic rings. The molecule has 0 saturated carbocycles. The summed E-state index contributed by atoms with van der Waals surface area (Å²) in [6.07, 6.45) is 3.63. The Morgan fingerprint density at radius 2 is 2.00 bits per heavy atom. The fourth-order valence-electron chi connectivity index (χ4n) is 4.11. The van der Waals surface area contributed by atoms with Gasteiger partial charge < -0.3 is 15.2 Å². The molecule has 0 spiro atoms. The number of thiazole rings is 1. The highest BCUT2D eigenvalue weighted by Crippen LogP contribution is 2.38. The fourth-order valence-corrected chi connectivity index (χ4v) is 5.16.